The Hall–Kier alpha value is -1.10. The Morgan fingerprint density at radius 3 is 2.50 bits per heavy atom. The van der Waals surface area contributed by atoms with Crippen molar-refractivity contribution < 1.29 is 18.3 Å². The third kappa shape index (κ3) is 1.73. The van der Waals surface area contributed by atoms with E-state index in [9.17, 15) is 13.2 Å². The van der Waals surface area contributed by atoms with Crippen molar-refractivity contribution in [2.24, 2.45) is 0 Å². The molecule has 0 aliphatic carbocycles. The highest BCUT2D eigenvalue weighted by Crippen LogP contribution is 2.20. The molecule has 0 bridgehead atoms. The lowest BCUT2D eigenvalue weighted by molar-refractivity contribution is 0.144. The van der Waals surface area contributed by atoms with Gasteiger partial charge in [0, 0.05) is 0 Å². The second-order valence-electron chi connectivity index (χ2n) is 2.14. The average Bonchev–Trinajstić information content (AvgIpc) is 2.03. The molecule has 0 aromatic carbocycles. The molecule has 0 aliphatic rings. The van der Waals surface area contributed by atoms with Crippen molar-refractivity contribution >= 4 is 0 Å². The van der Waals surface area contributed by atoms with E-state index in [0.29, 0.717) is 0 Å². The standard InChI is InChI=1S/C7H6F3NO/c8-6(9)5-2-1-4(3-12)11-7(5)10/h1-2,6,12H,3H2. The Labute approximate surface area is 66.7 Å². The number of halogens is 3. The SMILES string of the molecule is OCc1ccc(C(F)F)c(F)n1. The van der Waals surface area contributed by atoms with Crippen molar-refractivity contribution in [2.75, 3.05) is 0 Å². The third-order valence-corrected chi connectivity index (χ3v) is 1.33. The Kier molecular flexibility index (Phi) is 2.65. The maximum Gasteiger partial charge on any atom is 0.268 e. The summed E-state index contributed by atoms with van der Waals surface area (Å²) in [5.74, 6) is -1.23. The summed E-state index contributed by atoms with van der Waals surface area (Å²) in [4.78, 5) is 3.12. The molecule has 0 saturated heterocycles. The fourth-order valence-electron chi connectivity index (χ4n) is 0.733. The highest BCUT2D eigenvalue weighted by molar-refractivity contribution is 5.16. The summed E-state index contributed by atoms with van der Waals surface area (Å²) in [6, 6.07) is 2.07. The van der Waals surface area contributed by atoms with E-state index in [1.165, 1.54) is 0 Å². The first-order valence-corrected chi connectivity index (χ1v) is 3.19. The first kappa shape index (κ1) is 8.99. The molecular formula is C7H6F3NO. The van der Waals surface area contributed by atoms with Gasteiger partial charge >= 0.3 is 0 Å². The van der Waals surface area contributed by atoms with E-state index < -0.39 is 24.5 Å². The summed E-state index contributed by atoms with van der Waals surface area (Å²) in [7, 11) is 0. The van der Waals surface area contributed by atoms with Gasteiger partial charge in [0.15, 0.2) is 0 Å². The van der Waals surface area contributed by atoms with Crippen LogP contribution in [0.3, 0.4) is 0 Å². The smallest absolute Gasteiger partial charge is 0.268 e. The number of aliphatic hydroxyl groups excluding tert-OH is 1. The molecule has 1 aromatic rings. The third-order valence-electron chi connectivity index (χ3n) is 1.33. The molecule has 0 amide bonds. The van der Waals surface area contributed by atoms with Crippen LogP contribution in [0.5, 0.6) is 0 Å². The van der Waals surface area contributed by atoms with E-state index in [0.717, 1.165) is 12.1 Å². The summed E-state index contributed by atoms with van der Waals surface area (Å²) in [5, 5.41) is 8.47. The topological polar surface area (TPSA) is 33.1 Å². The quantitative estimate of drug-likeness (QED) is 0.696. The Balaban J connectivity index is 3.03. The van der Waals surface area contributed by atoms with Crippen LogP contribution in [0.15, 0.2) is 12.1 Å². The molecule has 0 fully saturated rings. The lowest BCUT2D eigenvalue weighted by Crippen LogP contribution is -1.98. The van der Waals surface area contributed by atoms with Gasteiger partial charge in [-0.3, -0.25) is 0 Å². The van der Waals surface area contributed by atoms with E-state index in [-0.39, 0.29) is 5.69 Å². The molecule has 0 spiro atoms. The van der Waals surface area contributed by atoms with Gasteiger partial charge in [-0.05, 0) is 12.1 Å². The molecule has 5 heteroatoms. The number of alkyl halides is 2. The molecule has 0 unspecified atom stereocenters. The molecule has 0 saturated carbocycles. The number of rotatable bonds is 2. The van der Waals surface area contributed by atoms with E-state index in [4.69, 9.17) is 5.11 Å². The zero-order valence-corrected chi connectivity index (χ0v) is 5.97. The Morgan fingerprint density at radius 2 is 2.08 bits per heavy atom. The molecule has 0 atom stereocenters. The first-order chi connectivity index (χ1) is 5.65. The van der Waals surface area contributed by atoms with Crippen LogP contribution in [0.2, 0.25) is 0 Å². The number of aliphatic hydroxyl groups is 1. The summed E-state index contributed by atoms with van der Waals surface area (Å²) >= 11 is 0. The zero-order valence-electron chi connectivity index (χ0n) is 5.97. The fourth-order valence-corrected chi connectivity index (χ4v) is 0.733. The predicted octanol–water partition coefficient (Wildman–Crippen LogP) is 1.65. The van der Waals surface area contributed by atoms with E-state index >= 15 is 0 Å². The van der Waals surface area contributed by atoms with Gasteiger partial charge < -0.3 is 5.11 Å². The fraction of sp³-hybridized carbons (Fsp3) is 0.286. The van der Waals surface area contributed by atoms with Gasteiger partial charge in [0.25, 0.3) is 6.43 Å². The van der Waals surface area contributed by atoms with Crippen molar-refractivity contribution in [2.45, 2.75) is 13.0 Å². The molecule has 0 aliphatic heterocycles. The highest BCUT2D eigenvalue weighted by atomic mass is 19.3. The van der Waals surface area contributed by atoms with Gasteiger partial charge in [0.2, 0.25) is 5.95 Å². The van der Waals surface area contributed by atoms with E-state index in [2.05, 4.69) is 4.98 Å². The van der Waals surface area contributed by atoms with Crippen molar-refractivity contribution in [1.29, 1.82) is 0 Å². The number of hydrogen-bond donors (Lipinski definition) is 1. The summed E-state index contributed by atoms with van der Waals surface area (Å²) < 4.78 is 36.4. The average molecular weight is 177 g/mol. The van der Waals surface area contributed by atoms with Crippen LogP contribution < -0.4 is 0 Å². The second kappa shape index (κ2) is 3.53. The Morgan fingerprint density at radius 1 is 1.42 bits per heavy atom. The van der Waals surface area contributed by atoms with Crippen LogP contribution in [0, 0.1) is 5.95 Å². The highest BCUT2D eigenvalue weighted by Gasteiger charge is 2.14. The van der Waals surface area contributed by atoms with Gasteiger partial charge in [-0.2, -0.15) is 4.39 Å². The minimum absolute atomic E-state index is 0.0388. The summed E-state index contributed by atoms with van der Waals surface area (Å²) in [6.45, 7) is -0.458. The lowest BCUT2D eigenvalue weighted by atomic mass is 10.2. The van der Waals surface area contributed by atoms with Crippen LogP contribution in [0.1, 0.15) is 17.7 Å². The van der Waals surface area contributed by atoms with Crippen LogP contribution >= 0.6 is 0 Å². The Bertz CT molecular complexity index is 277. The number of aromatic nitrogens is 1. The molecule has 1 heterocycles. The van der Waals surface area contributed by atoms with Crippen molar-refractivity contribution in [1.82, 2.24) is 4.98 Å². The molecule has 1 N–H and O–H groups in total. The second-order valence-corrected chi connectivity index (χ2v) is 2.14. The number of pyridine rings is 1. The minimum atomic E-state index is -2.87. The van der Waals surface area contributed by atoms with Crippen LogP contribution in [-0.2, 0) is 6.61 Å². The zero-order chi connectivity index (χ0) is 9.14. The first-order valence-electron chi connectivity index (χ1n) is 3.19. The van der Waals surface area contributed by atoms with E-state index in [1.807, 2.05) is 0 Å². The largest absolute Gasteiger partial charge is 0.390 e. The molecule has 66 valence electrons. The van der Waals surface area contributed by atoms with Crippen molar-refractivity contribution in [3.63, 3.8) is 0 Å². The van der Waals surface area contributed by atoms with Gasteiger partial charge in [0.1, 0.15) is 0 Å². The molecular weight excluding hydrogens is 171 g/mol. The molecule has 1 rings (SSSR count). The van der Waals surface area contributed by atoms with Gasteiger partial charge in [0.05, 0.1) is 17.9 Å². The van der Waals surface area contributed by atoms with Crippen molar-refractivity contribution in [3.05, 3.63) is 29.3 Å². The lowest BCUT2D eigenvalue weighted by Gasteiger charge is -2.01. The van der Waals surface area contributed by atoms with E-state index in [1.54, 1.807) is 0 Å². The van der Waals surface area contributed by atoms with Gasteiger partial charge in [-0.25, -0.2) is 13.8 Å². The monoisotopic (exact) mass is 177 g/mol. The maximum absolute atomic E-state index is 12.6. The van der Waals surface area contributed by atoms with Crippen LogP contribution in [0.4, 0.5) is 13.2 Å². The molecule has 0 radical (unpaired) electrons. The normalized spacial score (nSPS) is 10.8. The minimum Gasteiger partial charge on any atom is -0.390 e. The maximum atomic E-state index is 12.6. The number of hydrogen-bond acceptors (Lipinski definition) is 2. The summed E-state index contributed by atoms with van der Waals surface area (Å²) in [6.07, 6.45) is -2.87. The molecule has 1 aromatic heterocycles. The predicted molar refractivity (Wildman–Crippen MR) is 35.1 cm³/mol. The van der Waals surface area contributed by atoms with Gasteiger partial charge in [-0.15, -0.1) is 0 Å². The molecule has 12 heavy (non-hydrogen) atoms. The summed E-state index contributed by atoms with van der Waals surface area (Å²) in [5.41, 5.74) is -0.705. The number of nitrogens with zero attached hydrogens (tertiary/aromatic N) is 1. The van der Waals surface area contributed by atoms with Crippen LogP contribution in [0.25, 0.3) is 0 Å². The van der Waals surface area contributed by atoms with Gasteiger partial charge in [-0.1, -0.05) is 0 Å². The molecule has 2 nitrogen and oxygen atoms in total. The van der Waals surface area contributed by atoms with Crippen LogP contribution in [-0.4, -0.2) is 10.1 Å². The van der Waals surface area contributed by atoms with Crippen molar-refractivity contribution in [3.8, 4) is 0 Å².